The van der Waals surface area contributed by atoms with Gasteiger partial charge >= 0.3 is 0 Å². The third-order valence-electron chi connectivity index (χ3n) is 5.62. The van der Waals surface area contributed by atoms with E-state index < -0.39 is 0 Å². The SMILES string of the molecule is c1cc(CN2CCCC2)cc(NC2CC3CCC2C3)c1. The van der Waals surface area contributed by atoms with Gasteiger partial charge in [0.05, 0.1) is 0 Å². The zero-order chi connectivity index (χ0) is 13.4. The molecule has 2 saturated carbocycles. The minimum absolute atomic E-state index is 0.746. The first-order valence-corrected chi connectivity index (χ1v) is 8.45. The maximum atomic E-state index is 3.82. The fourth-order valence-electron chi connectivity index (χ4n) is 4.59. The van der Waals surface area contributed by atoms with Gasteiger partial charge in [-0.05, 0) is 74.7 Å². The van der Waals surface area contributed by atoms with Gasteiger partial charge in [0.15, 0.2) is 0 Å². The van der Waals surface area contributed by atoms with E-state index in [1.54, 1.807) is 0 Å². The normalized spacial score (nSPS) is 32.9. The molecule has 3 aliphatic rings. The molecule has 2 aliphatic carbocycles. The van der Waals surface area contributed by atoms with E-state index in [4.69, 9.17) is 0 Å². The van der Waals surface area contributed by atoms with Gasteiger partial charge in [-0.25, -0.2) is 0 Å². The number of hydrogen-bond acceptors (Lipinski definition) is 2. The highest BCUT2D eigenvalue weighted by atomic mass is 15.1. The fraction of sp³-hybridized carbons (Fsp3) is 0.667. The first-order chi connectivity index (χ1) is 9.87. The predicted octanol–water partition coefficient (Wildman–Crippen LogP) is 3.88. The summed E-state index contributed by atoms with van der Waals surface area (Å²) in [6.07, 6.45) is 8.58. The van der Waals surface area contributed by atoms with Crippen LogP contribution in [0.25, 0.3) is 0 Å². The Bertz CT molecular complexity index is 464. The van der Waals surface area contributed by atoms with Crippen LogP contribution in [-0.2, 0) is 6.54 Å². The lowest BCUT2D eigenvalue weighted by molar-refractivity contribution is 0.331. The zero-order valence-electron chi connectivity index (χ0n) is 12.4. The van der Waals surface area contributed by atoms with Gasteiger partial charge in [-0.15, -0.1) is 0 Å². The number of anilines is 1. The molecule has 0 spiro atoms. The van der Waals surface area contributed by atoms with Gasteiger partial charge in [0.1, 0.15) is 0 Å². The Morgan fingerprint density at radius 3 is 2.75 bits per heavy atom. The molecule has 4 rings (SSSR count). The summed E-state index contributed by atoms with van der Waals surface area (Å²) in [6.45, 7) is 3.69. The average Bonchev–Trinajstić information content (AvgIpc) is 3.16. The number of likely N-dealkylation sites (tertiary alicyclic amines) is 1. The van der Waals surface area contributed by atoms with Crippen molar-refractivity contribution in [2.24, 2.45) is 11.8 Å². The maximum absolute atomic E-state index is 3.82. The van der Waals surface area contributed by atoms with E-state index in [2.05, 4.69) is 34.5 Å². The van der Waals surface area contributed by atoms with Crippen molar-refractivity contribution in [1.29, 1.82) is 0 Å². The molecular weight excluding hydrogens is 244 g/mol. The topological polar surface area (TPSA) is 15.3 Å². The summed E-state index contributed by atoms with van der Waals surface area (Å²) in [6, 6.07) is 9.88. The van der Waals surface area contributed by atoms with Crippen LogP contribution in [-0.4, -0.2) is 24.0 Å². The van der Waals surface area contributed by atoms with Crippen LogP contribution in [0.2, 0.25) is 0 Å². The molecule has 3 unspecified atom stereocenters. The van der Waals surface area contributed by atoms with E-state index in [9.17, 15) is 0 Å². The molecule has 1 aromatic carbocycles. The Labute approximate surface area is 122 Å². The number of hydrogen-bond donors (Lipinski definition) is 1. The Kier molecular flexibility index (Phi) is 3.43. The van der Waals surface area contributed by atoms with Crippen molar-refractivity contribution in [2.75, 3.05) is 18.4 Å². The van der Waals surface area contributed by atoms with Gasteiger partial charge in [0.2, 0.25) is 0 Å². The third kappa shape index (κ3) is 2.58. The highest BCUT2D eigenvalue weighted by molar-refractivity contribution is 5.47. The summed E-state index contributed by atoms with van der Waals surface area (Å²) >= 11 is 0. The minimum atomic E-state index is 0.746. The summed E-state index contributed by atoms with van der Waals surface area (Å²) in [5.74, 6) is 1.97. The van der Waals surface area contributed by atoms with Crippen LogP contribution in [0.15, 0.2) is 24.3 Å². The first-order valence-electron chi connectivity index (χ1n) is 8.45. The van der Waals surface area contributed by atoms with Crippen LogP contribution >= 0.6 is 0 Å². The van der Waals surface area contributed by atoms with E-state index >= 15 is 0 Å². The largest absolute Gasteiger partial charge is 0.382 e. The Hall–Kier alpha value is -1.02. The van der Waals surface area contributed by atoms with Gasteiger partial charge in [0, 0.05) is 18.3 Å². The molecule has 1 aromatic rings. The average molecular weight is 270 g/mol. The maximum Gasteiger partial charge on any atom is 0.0345 e. The highest BCUT2D eigenvalue weighted by Crippen LogP contribution is 2.45. The van der Waals surface area contributed by atoms with Crippen LogP contribution in [0.1, 0.15) is 44.1 Å². The number of fused-ring (bicyclic) bond motifs is 2. The molecule has 108 valence electrons. The van der Waals surface area contributed by atoms with E-state index in [-0.39, 0.29) is 0 Å². The van der Waals surface area contributed by atoms with Gasteiger partial charge in [0.25, 0.3) is 0 Å². The lowest BCUT2D eigenvalue weighted by atomic mass is 9.95. The Balaban J connectivity index is 1.40. The molecule has 0 amide bonds. The quantitative estimate of drug-likeness (QED) is 0.893. The molecule has 1 saturated heterocycles. The molecule has 1 heterocycles. The zero-order valence-corrected chi connectivity index (χ0v) is 12.4. The van der Waals surface area contributed by atoms with Crippen LogP contribution < -0.4 is 5.32 Å². The molecule has 2 bridgehead atoms. The lowest BCUT2D eigenvalue weighted by Crippen LogP contribution is -2.26. The summed E-state index contributed by atoms with van der Waals surface area (Å²) in [5, 5.41) is 3.82. The van der Waals surface area contributed by atoms with Gasteiger partial charge in [-0.1, -0.05) is 18.6 Å². The lowest BCUT2D eigenvalue weighted by Gasteiger charge is -2.24. The Morgan fingerprint density at radius 2 is 2.00 bits per heavy atom. The van der Waals surface area contributed by atoms with Crippen molar-refractivity contribution in [2.45, 2.75) is 51.1 Å². The summed E-state index contributed by atoms with van der Waals surface area (Å²) in [4.78, 5) is 2.58. The first kappa shape index (κ1) is 12.7. The van der Waals surface area contributed by atoms with Crippen molar-refractivity contribution >= 4 is 5.69 Å². The molecule has 0 aromatic heterocycles. The third-order valence-corrected chi connectivity index (χ3v) is 5.62. The van der Waals surface area contributed by atoms with E-state index in [0.29, 0.717) is 0 Å². The number of benzene rings is 1. The van der Waals surface area contributed by atoms with Crippen LogP contribution in [0.4, 0.5) is 5.69 Å². The number of nitrogens with one attached hydrogen (secondary N) is 1. The van der Waals surface area contributed by atoms with Crippen molar-refractivity contribution < 1.29 is 0 Å². The number of nitrogens with zero attached hydrogens (tertiary/aromatic N) is 1. The van der Waals surface area contributed by atoms with Crippen molar-refractivity contribution in [3.63, 3.8) is 0 Å². The van der Waals surface area contributed by atoms with Crippen LogP contribution in [0.3, 0.4) is 0 Å². The van der Waals surface area contributed by atoms with Crippen LogP contribution in [0.5, 0.6) is 0 Å². The second-order valence-electron chi connectivity index (χ2n) is 7.11. The van der Waals surface area contributed by atoms with E-state index in [1.165, 1.54) is 62.9 Å². The molecular formula is C18H26N2. The van der Waals surface area contributed by atoms with Gasteiger partial charge < -0.3 is 5.32 Å². The standard InChI is InChI=1S/C18H26N2/c1-2-9-20(8-1)13-15-4-3-5-17(11-15)19-18-12-14-6-7-16(18)10-14/h3-5,11,14,16,18-19H,1-2,6-10,12-13H2. The molecule has 20 heavy (non-hydrogen) atoms. The Morgan fingerprint density at radius 1 is 1.10 bits per heavy atom. The molecule has 3 fully saturated rings. The summed E-state index contributed by atoms with van der Waals surface area (Å²) in [5.41, 5.74) is 2.82. The molecule has 1 N–H and O–H groups in total. The van der Waals surface area contributed by atoms with Crippen LogP contribution in [0, 0.1) is 11.8 Å². The second kappa shape index (κ2) is 5.40. The van der Waals surface area contributed by atoms with E-state index in [1.807, 2.05) is 0 Å². The van der Waals surface area contributed by atoms with Gasteiger partial charge in [-0.3, -0.25) is 4.90 Å². The molecule has 1 aliphatic heterocycles. The molecule has 2 nitrogen and oxygen atoms in total. The predicted molar refractivity (Wildman–Crippen MR) is 83.8 cm³/mol. The summed E-state index contributed by atoms with van der Waals surface area (Å²) in [7, 11) is 0. The van der Waals surface area contributed by atoms with Gasteiger partial charge in [-0.2, -0.15) is 0 Å². The van der Waals surface area contributed by atoms with E-state index in [0.717, 1.165) is 24.4 Å². The number of rotatable bonds is 4. The fourth-order valence-corrected chi connectivity index (χ4v) is 4.59. The summed E-state index contributed by atoms with van der Waals surface area (Å²) < 4.78 is 0. The van der Waals surface area contributed by atoms with Crippen molar-refractivity contribution in [3.05, 3.63) is 29.8 Å². The second-order valence-corrected chi connectivity index (χ2v) is 7.11. The molecule has 2 heteroatoms. The molecule has 0 radical (unpaired) electrons. The smallest absolute Gasteiger partial charge is 0.0345 e. The van der Waals surface area contributed by atoms with Crippen molar-refractivity contribution in [3.8, 4) is 0 Å². The monoisotopic (exact) mass is 270 g/mol. The highest BCUT2D eigenvalue weighted by Gasteiger charge is 2.39. The van der Waals surface area contributed by atoms with Crippen molar-refractivity contribution in [1.82, 2.24) is 4.90 Å². The molecule has 3 atom stereocenters. The minimum Gasteiger partial charge on any atom is -0.382 e.